The summed E-state index contributed by atoms with van der Waals surface area (Å²) in [5.74, 6) is 0.955. The molecule has 0 bridgehead atoms. The average Bonchev–Trinajstić information content (AvgIpc) is 3.06. The summed E-state index contributed by atoms with van der Waals surface area (Å²) in [6, 6.07) is 43.1. The second-order valence-electron chi connectivity index (χ2n) is 10.8. The molecule has 0 saturated heterocycles. The molecule has 4 rings (SSSR count). The van der Waals surface area contributed by atoms with Gasteiger partial charge < -0.3 is 0 Å². The van der Waals surface area contributed by atoms with Gasteiger partial charge in [-0.15, -0.1) is 0 Å². The first-order chi connectivity index (χ1) is 20.1. The molecule has 0 spiro atoms. The average molecular weight is 764 g/mol. The predicted octanol–water partition coefficient (Wildman–Crippen LogP) is 6.42. The van der Waals surface area contributed by atoms with Crippen molar-refractivity contribution in [1.29, 1.82) is 0 Å². The molecule has 5 heteroatoms. The summed E-state index contributed by atoms with van der Waals surface area (Å²) in [7, 11) is 0. The predicted molar refractivity (Wildman–Crippen MR) is 177 cm³/mol. The maximum absolute atomic E-state index is 8.02. The molecular weight excluding hydrogens is 718 g/mol. The van der Waals surface area contributed by atoms with Crippen LogP contribution in [0.4, 0.5) is 0 Å². The Morgan fingerprint density at radius 2 is 0.659 bits per heavy atom. The van der Waals surface area contributed by atoms with Gasteiger partial charge in [0.15, 0.2) is 0 Å². The van der Waals surface area contributed by atoms with Gasteiger partial charge in [0.2, 0.25) is 0 Å². The molecule has 4 aromatic carbocycles. The molecule has 0 aliphatic heterocycles. The Bertz CT molecular complexity index is 1080. The van der Waals surface area contributed by atoms with Crippen molar-refractivity contribution in [3.63, 3.8) is 0 Å². The Kier molecular flexibility index (Phi) is 12.8. The molecule has 0 aromatic heterocycles. The van der Waals surface area contributed by atoms with Crippen LogP contribution in [0.25, 0.3) is 0 Å². The summed E-state index contributed by atoms with van der Waals surface area (Å²) in [5.41, 5.74) is 0. The van der Waals surface area contributed by atoms with Gasteiger partial charge in [0.05, 0.1) is 0 Å². The van der Waals surface area contributed by atoms with Crippen LogP contribution in [-0.4, -0.2) is 51.6 Å². The molecule has 3 nitrogen and oxygen atoms in total. The van der Waals surface area contributed by atoms with Crippen LogP contribution < -0.4 is 14.3 Å². The Labute approximate surface area is 258 Å². The van der Waals surface area contributed by atoms with E-state index in [4.69, 9.17) is 7.56 Å². The minimum atomic E-state index is -4.36. The molecule has 0 heterocycles. The van der Waals surface area contributed by atoms with Gasteiger partial charge in [-0.05, 0) is 0 Å². The Morgan fingerprint density at radius 1 is 0.415 bits per heavy atom. The zero-order valence-electron chi connectivity index (χ0n) is 25.2. The van der Waals surface area contributed by atoms with E-state index in [9.17, 15) is 0 Å². The fraction of sp³-hybridized carbons (Fsp3) is 0.333. The van der Waals surface area contributed by atoms with Gasteiger partial charge in [0.25, 0.3) is 0 Å². The van der Waals surface area contributed by atoms with Crippen molar-refractivity contribution in [2.45, 2.75) is 53.4 Å². The quantitative estimate of drug-likeness (QED) is 0.123. The standard InChI is InChI=1S/2C6H13O.4C6H5.O.2Sn/c2*1-3-6(4-2)5-7;4*1-2-4-6-5-3-1;;;/h2*6H,3-5H2,1-2H3;4*1-5H;;;/q2*-1;;;;;;2*+1. The van der Waals surface area contributed by atoms with Gasteiger partial charge >= 0.3 is 260 Å². The molecule has 0 aliphatic rings. The SMILES string of the molecule is CCC(CC)C[O][Sn]([O][Sn]([O]CC(CC)CC)([c]1ccccc1)[c]1ccccc1)([c]1ccccc1)[c]1ccccc1. The van der Waals surface area contributed by atoms with E-state index in [2.05, 4.69) is 149 Å². The second kappa shape index (κ2) is 16.3. The summed E-state index contributed by atoms with van der Waals surface area (Å²) < 4.78 is 27.5. The summed E-state index contributed by atoms with van der Waals surface area (Å²) in [4.78, 5) is 0. The molecule has 0 unspecified atom stereocenters. The molecule has 41 heavy (non-hydrogen) atoms. The normalized spacial score (nSPS) is 12.2. The van der Waals surface area contributed by atoms with Crippen LogP contribution in [0.5, 0.6) is 0 Å². The first kappa shape index (κ1) is 32.3. The molecule has 0 N–H and O–H groups in total. The van der Waals surface area contributed by atoms with Crippen LogP contribution >= 0.6 is 0 Å². The second-order valence-corrected chi connectivity index (χ2v) is 30.6. The molecule has 0 fully saturated rings. The van der Waals surface area contributed by atoms with Crippen molar-refractivity contribution >= 4 is 52.7 Å². The van der Waals surface area contributed by atoms with Crippen LogP contribution in [0.15, 0.2) is 121 Å². The Morgan fingerprint density at radius 3 is 0.878 bits per heavy atom. The Balaban J connectivity index is 2.00. The summed E-state index contributed by atoms with van der Waals surface area (Å²) in [6.07, 6.45) is 4.33. The Hall–Kier alpha value is -1.64. The van der Waals surface area contributed by atoms with Crippen LogP contribution in [0.1, 0.15) is 53.4 Å². The van der Waals surface area contributed by atoms with E-state index in [1.807, 2.05) is 0 Å². The van der Waals surface area contributed by atoms with E-state index >= 15 is 0 Å². The third kappa shape index (κ3) is 7.85. The minimum absolute atomic E-state index is 0.477. The zero-order chi connectivity index (χ0) is 29.0. The molecule has 0 amide bonds. The van der Waals surface area contributed by atoms with E-state index in [1.54, 1.807) is 0 Å². The molecule has 0 atom stereocenters. The van der Waals surface area contributed by atoms with E-state index in [-0.39, 0.29) is 0 Å². The molecular formula is C36H46O3Sn2. The van der Waals surface area contributed by atoms with Crippen LogP contribution in [-0.2, 0) is 7.56 Å². The van der Waals surface area contributed by atoms with Crippen LogP contribution in [0.2, 0.25) is 0 Å². The van der Waals surface area contributed by atoms with Crippen molar-refractivity contribution in [3.05, 3.63) is 121 Å². The van der Waals surface area contributed by atoms with E-state index < -0.39 is 38.4 Å². The molecule has 216 valence electrons. The van der Waals surface area contributed by atoms with Gasteiger partial charge in [-0.3, -0.25) is 0 Å². The van der Waals surface area contributed by atoms with Gasteiger partial charge in [-0.25, -0.2) is 0 Å². The van der Waals surface area contributed by atoms with Gasteiger partial charge in [0, 0.05) is 0 Å². The third-order valence-electron chi connectivity index (χ3n) is 8.26. The molecule has 0 radical (unpaired) electrons. The summed E-state index contributed by atoms with van der Waals surface area (Å²) >= 11 is -8.72. The van der Waals surface area contributed by atoms with Crippen LogP contribution in [0.3, 0.4) is 0 Å². The molecule has 4 aromatic rings. The van der Waals surface area contributed by atoms with Gasteiger partial charge in [-0.1, -0.05) is 0 Å². The molecule has 0 aliphatic carbocycles. The van der Waals surface area contributed by atoms with Gasteiger partial charge in [0.1, 0.15) is 0 Å². The molecule has 0 saturated carbocycles. The monoisotopic (exact) mass is 766 g/mol. The first-order valence-corrected chi connectivity index (χ1v) is 25.7. The fourth-order valence-corrected chi connectivity index (χ4v) is 40.9. The van der Waals surface area contributed by atoms with Crippen molar-refractivity contribution < 1.29 is 7.56 Å². The number of hydrogen-bond donors (Lipinski definition) is 0. The summed E-state index contributed by atoms with van der Waals surface area (Å²) in [6.45, 7) is 10.4. The fourth-order valence-electron chi connectivity index (χ4n) is 5.31. The number of rotatable bonds is 16. The van der Waals surface area contributed by atoms with E-state index in [1.165, 1.54) is 14.3 Å². The van der Waals surface area contributed by atoms with Crippen molar-refractivity contribution in [2.75, 3.05) is 13.2 Å². The third-order valence-corrected chi connectivity index (χ3v) is 36.7. The van der Waals surface area contributed by atoms with E-state index in [0.29, 0.717) is 25.0 Å². The van der Waals surface area contributed by atoms with E-state index in [0.717, 1.165) is 25.7 Å². The number of benzene rings is 4. The topological polar surface area (TPSA) is 27.7 Å². The summed E-state index contributed by atoms with van der Waals surface area (Å²) in [5, 5.41) is 0. The number of hydrogen-bond acceptors (Lipinski definition) is 3. The van der Waals surface area contributed by atoms with Crippen molar-refractivity contribution in [3.8, 4) is 0 Å². The van der Waals surface area contributed by atoms with Crippen molar-refractivity contribution in [2.24, 2.45) is 11.8 Å². The van der Waals surface area contributed by atoms with Crippen molar-refractivity contribution in [1.82, 2.24) is 0 Å². The maximum atomic E-state index is 8.02. The van der Waals surface area contributed by atoms with Gasteiger partial charge in [-0.2, -0.15) is 0 Å². The first-order valence-electron chi connectivity index (χ1n) is 15.3. The van der Waals surface area contributed by atoms with Crippen LogP contribution in [0, 0.1) is 11.8 Å². The zero-order valence-corrected chi connectivity index (χ0v) is 30.9.